The molecule has 1 unspecified atom stereocenters. The van der Waals surface area contributed by atoms with Crippen molar-refractivity contribution in [3.63, 3.8) is 0 Å². The molecule has 1 fully saturated rings. The van der Waals surface area contributed by atoms with E-state index in [9.17, 15) is 24.3 Å². The van der Waals surface area contributed by atoms with Gasteiger partial charge in [0.2, 0.25) is 5.60 Å². The van der Waals surface area contributed by atoms with Crippen LogP contribution in [0.5, 0.6) is 0 Å². The molecule has 4 amide bonds. The van der Waals surface area contributed by atoms with Gasteiger partial charge in [-0.15, -0.1) is 0 Å². The monoisotopic (exact) mass is 473 g/mol. The molecule has 0 aliphatic carbocycles. The molecule has 1 heterocycles. The van der Waals surface area contributed by atoms with Gasteiger partial charge >= 0.3 is 12.0 Å². The van der Waals surface area contributed by atoms with E-state index in [-0.39, 0.29) is 11.1 Å². The van der Waals surface area contributed by atoms with Gasteiger partial charge in [-0.2, -0.15) is 5.01 Å². The van der Waals surface area contributed by atoms with E-state index < -0.39 is 41.6 Å². The second-order valence-electron chi connectivity index (χ2n) is 8.12. The SMILES string of the molecule is CC1(c2ccccc2)NC(=O)N(NC(=O)COC(=O)C(O)(c2ccccc2)c2ccccc2)C1=O. The molecule has 1 saturated heterocycles. The first-order chi connectivity index (χ1) is 16.8. The highest BCUT2D eigenvalue weighted by molar-refractivity contribution is 6.08. The fraction of sp³-hybridized carbons (Fsp3) is 0.154. The number of hydrogen-bond acceptors (Lipinski definition) is 6. The van der Waals surface area contributed by atoms with E-state index >= 15 is 0 Å². The number of amides is 4. The molecule has 9 heteroatoms. The Hall–Kier alpha value is -4.50. The number of rotatable bonds is 7. The van der Waals surface area contributed by atoms with Crippen LogP contribution in [0.3, 0.4) is 0 Å². The van der Waals surface area contributed by atoms with Crippen LogP contribution < -0.4 is 10.7 Å². The Bertz CT molecular complexity index is 1210. The minimum Gasteiger partial charge on any atom is -0.453 e. The summed E-state index contributed by atoms with van der Waals surface area (Å²) in [5.74, 6) is -2.71. The fourth-order valence-corrected chi connectivity index (χ4v) is 3.86. The smallest absolute Gasteiger partial charge is 0.348 e. The normalized spacial score (nSPS) is 17.6. The predicted molar refractivity (Wildman–Crippen MR) is 124 cm³/mol. The molecule has 0 radical (unpaired) electrons. The van der Waals surface area contributed by atoms with Gasteiger partial charge in [0.15, 0.2) is 6.61 Å². The van der Waals surface area contributed by atoms with E-state index in [2.05, 4.69) is 10.7 Å². The Morgan fingerprint density at radius 1 is 0.914 bits per heavy atom. The van der Waals surface area contributed by atoms with Crippen molar-refractivity contribution < 1.29 is 29.0 Å². The van der Waals surface area contributed by atoms with Gasteiger partial charge in [0.05, 0.1) is 0 Å². The topological polar surface area (TPSA) is 125 Å². The van der Waals surface area contributed by atoms with Gasteiger partial charge < -0.3 is 15.2 Å². The summed E-state index contributed by atoms with van der Waals surface area (Å²) in [5, 5.41) is 14.5. The van der Waals surface area contributed by atoms with Crippen LogP contribution in [0.1, 0.15) is 23.6 Å². The lowest BCUT2D eigenvalue weighted by atomic mass is 9.86. The molecule has 4 rings (SSSR count). The molecule has 9 nitrogen and oxygen atoms in total. The maximum absolute atomic E-state index is 13.0. The summed E-state index contributed by atoms with van der Waals surface area (Å²) < 4.78 is 5.12. The third-order valence-electron chi connectivity index (χ3n) is 5.79. The first kappa shape index (κ1) is 23.7. The second-order valence-corrected chi connectivity index (χ2v) is 8.12. The van der Waals surface area contributed by atoms with Crippen molar-refractivity contribution in [1.82, 2.24) is 15.8 Å². The number of aliphatic hydroxyl groups is 1. The molecule has 1 aliphatic heterocycles. The van der Waals surface area contributed by atoms with Crippen molar-refractivity contribution in [1.29, 1.82) is 0 Å². The van der Waals surface area contributed by atoms with E-state index in [1.54, 1.807) is 91.0 Å². The molecule has 178 valence electrons. The van der Waals surface area contributed by atoms with Gasteiger partial charge in [0.25, 0.3) is 11.8 Å². The molecule has 35 heavy (non-hydrogen) atoms. The van der Waals surface area contributed by atoms with Gasteiger partial charge in [-0.1, -0.05) is 91.0 Å². The third kappa shape index (κ3) is 4.36. The van der Waals surface area contributed by atoms with Crippen LogP contribution in [0.15, 0.2) is 91.0 Å². The predicted octanol–water partition coefficient (Wildman–Crippen LogP) is 1.96. The van der Waals surface area contributed by atoms with Crippen molar-refractivity contribution >= 4 is 23.8 Å². The summed E-state index contributed by atoms with van der Waals surface area (Å²) >= 11 is 0. The molecular formula is C26H23N3O6. The summed E-state index contributed by atoms with van der Waals surface area (Å²) in [6, 6.07) is 24.1. The molecule has 3 aromatic rings. The van der Waals surface area contributed by atoms with Crippen LogP contribution in [0.2, 0.25) is 0 Å². The molecule has 0 aromatic heterocycles. The summed E-state index contributed by atoms with van der Waals surface area (Å²) in [5.41, 5.74) is -0.332. The zero-order valence-corrected chi connectivity index (χ0v) is 18.8. The average Bonchev–Trinajstić information content (AvgIpc) is 3.12. The third-order valence-corrected chi connectivity index (χ3v) is 5.79. The van der Waals surface area contributed by atoms with Crippen LogP contribution in [0.4, 0.5) is 4.79 Å². The summed E-state index contributed by atoms with van der Waals surface area (Å²) in [7, 11) is 0. The lowest BCUT2D eigenvalue weighted by Crippen LogP contribution is -2.49. The van der Waals surface area contributed by atoms with Gasteiger partial charge in [-0.05, 0) is 23.6 Å². The van der Waals surface area contributed by atoms with Crippen LogP contribution in [0, 0.1) is 0 Å². The number of nitrogens with zero attached hydrogens (tertiary/aromatic N) is 1. The zero-order valence-electron chi connectivity index (χ0n) is 18.8. The summed E-state index contributed by atoms with van der Waals surface area (Å²) in [6.45, 7) is 0.689. The largest absolute Gasteiger partial charge is 0.453 e. The van der Waals surface area contributed by atoms with Crippen molar-refractivity contribution in [2.24, 2.45) is 0 Å². The number of hydrazine groups is 1. The van der Waals surface area contributed by atoms with Crippen molar-refractivity contribution in [2.75, 3.05) is 6.61 Å². The molecule has 1 aliphatic rings. The first-order valence-electron chi connectivity index (χ1n) is 10.8. The molecule has 3 N–H and O–H groups in total. The first-order valence-corrected chi connectivity index (χ1v) is 10.8. The van der Waals surface area contributed by atoms with Crippen molar-refractivity contribution in [2.45, 2.75) is 18.1 Å². The van der Waals surface area contributed by atoms with E-state index in [1.807, 2.05) is 0 Å². The second kappa shape index (κ2) is 9.40. The van der Waals surface area contributed by atoms with Gasteiger partial charge in [0, 0.05) is 0 Å². The van der Waals surface area contributed by atoms with E-state index in [1.165, 1.54) is 6.92 Å². The van der Waals surface area contributed by atoms with Crippen LogP contribution in [-0.2, 0) is 30.3 Å². The molecule has 3 aromatic carbocycles. The van der Waals surface area contributed by atoms with E-state index in [0.29, 0.717) is 10.6 Å². The molecular weight excluding hydrogens is 450 g/mol. The Kier molecular flexibility index (Phi) is 6.35. The number of urea groups is 1. The average molecular weight is 473 g/mol. The van der Waals surface area contributed by atoms with Gasteiger partial charge in [-0.25, -0.2) is 9.59 Å². The zero-order chi connectivity index (χ0) is 25.1. The number of benzene rings is 3. The Labute approximate surface area is 201 Å². The number of hydrogen-bond donors (Lipinski definition) is 3. The van der Waals surface area contributed by atoms with E-state index in [4.69, 9.17) is 4.74 Å². The minimum absolute atomic E-state index is 0.254. The molecule has 0 spiro atoms. The number of carbonyl (C=O) groups is 4. The summed E-state index contributed by atoms with van der Waals surface area (Å²) in [6.07, 6.45) is 0. The number of ether oxygens (including phenoxy) is 1. The molecule has 0 saturated carbocycles. The van der Waals surface area contributed by atoms with Gasteiger partial charge in [-0.3, -0.25) is 15.0 Å². The van der Waals surface area contributed by atoms with Crippen molar-refractivity contribution in [3.8, 4) is 0 Å². The summed E-state index contributed by atoms with van der Waals surface area (Å²) in [4.78, 5) is 50.8. The van der Waals surface area contributed by atoms with Crippen LogP contribution >= 0.6 is 0 Å². The van der Waals surface area contributed by atoms with Crippen molar-refractivity contribution in [3.05, 3.63) is 108 Å². The highest BCUT2D eigenvalue weighted by Crippen LogP contribution is 2.31. The number of esters is 1. The fourth-order valence-electron chi connectivity index (χ4n) is 3.86. The molecule has 1 atom stereocenters. The number of nitrogens with one attached hydrogen (secondary N) is 2. The molecule has 0 bridgehead atoms. The van der Waals surface area contributed by atoms with Gasteiger partial charge in [0.1, 0.15) is 5.54 Å². The van der Waals surface area contributed by atoms with Crippen LogP contribution in [0.25, 0.3) is 0 Å². The Morgan fingerprint density at radius 3 is 1.91 bits per heavy atom. The highest BCUT2D eigenvalue weighted by Gasteiger charge is 2.50. The maximum Gasteiger partial charge on any atom is 0.348 e. The highest BCUT2D eigenvalue weighted by atomic mass is 16.6. The van der Waals surface area contributed by atoms with E-state index in [0.717, 1.165) is 0 Å². The Morgan fingerprint density at radius 2 is 1.40 bits per heavy atom. The quantitative estimate of drug-likeness (QED) is 0.356. The maximum atomic E-state index is 13.0. The number of imide groups is 1. The standard InChI is InChI=1S/C26H23N3O6/c1-25(18-11-5-2-6-12-18)22(31)29(24(33)27-25)28-21(30)17-35-23(32)26(34,19-13-7-3-8-14-19)20-15-9-4-10-16-20/h2-16,34H,17H2,1H3,(H,27,33)(H,28,30). The lowest BCUT2D eigenvalue weighted by molar-refractivity contribution is -0.165. The number of carbonyl (C=O) groups excluding carboxylic acids is 4. The lowest BCUT2D eigenvalue weighted by Gasteiger charge is -2.27. The van der Waals surface area contributed by atoms with Crippen LogP contribution in [-0.4, -0.2) is 40.5 Å². The Balaban J connectivity index is 1.47. The minimum atomic E-state index is -2.17.